The molecule has 1 aromatic carbocycles. The molecule has 2 rings (SSSR count). The third-order valence-corrected chi connectivity index (χ3v) is 2.73. The Kier molecular flexibility index (Phi) is 3.77. The molecular formula is C13H9Cl2NO. The van der Waals surface area contributed by atoms with Crippen molar-refractivity contribution in [2.75, 3.05) is 0 Å². The van der Waals surface area contributed by atoms with Crippen molar-refractivity contribution in [3.8, 4) is 0 Å². The Morgan fingerprint density at radius 2 is 1.59 bits per heavy atom. The second-order valence-corrected chi connectivity index (χ2v) is 4.43. The van der Waals surface area contributed by atoms with Crippen LogP contribution in [0, 0.1) is 0 Å². The van der Waals surface area contributed by atoms with Crippen LogP contribution in [-0.4, -0.2) is 11.3 Å². The third kappa shape index (κ3) is 3.29. The Bertz CT molecular complexity index is 517. The molecule has 17 heavy (non-hydrogen) atoms. The zero-order chi connectivity index (χ0) is 12.3. The van der Waals surface area contributed by atoms with E-state index in [2.05, 4.69) is 4.98 Å². The van der Waals surface area contributed by atoms with Gasteiger partial charge in [-0.2, -0.15) is 0 Å². The lowest BCUT2D eigenvalue weighted by atomic mass is 10.0. The quantitative estimate of drug-likeness (QED) is 0.624. The van der Waals surface area contributed by atoms with Gasteiger partial charge in [-0.05, 0) is 29.7 Å². The van der Waals surface area contributed by atoms with Crippen molar-refractivity contribution < 1.29 is 4.79 Å². The van der Waals surface area contributed by atoms with Crippen molar-refractivity contribution in [3.05, 3.63) is 63.4 Å². The first-order chi connectivity index (χ1) is 8.17. The number of carbonyl (C=O) groups is 1. The lowest BCUT2D eigenvalue weighted by molar-refractivity contribution is 0.112. The molecule has 0 fully saturated rings. The number of pyridine rings is 1. The van der Waals surface area contributed by atoms with Gasteiger partial charge in [0, 0.05) is 5.56 Å². The summed E-state index contributed by atoms with van der Waals surface area (Å²) in [7, 11) is 0. The number of aromatic nitrogens is 1. The Balaban J connectivity index is 2.21. The van der Waals surface area contributed by atoms with Gasteiger partial charge in [-0.25, -0.2) is 4.98 Å². The molecule has 0 amide bonds. The molecule has 0 radical (unpaired) electrons. The average molecular weight is 266 g/mol. The van der Waals surface area contributed by atoms with Crippen LogP contribution in [0.4, 0.5) is 0 Å². The second kappa shape index (κ2) is 5.30. The fourth-order valence-corrected chi connectivity index (χ4v) is 2.07. The molecule has 0 saturated heterocycles. The Hall–Kier alpha value is -1.38. The smallest absolute Gasteiger partial charge is 0.150 e. The van der Waals surface area contributed by atoms with Crippen molar-refractivity contribution in [2.24, 2.45) is 0 Å². The molecule has 2 nitrogen and oxygen atoms in total. The monoisotopic (exact) mass is 265 g/mol. The van der Waals surface area contributed by atoms with E-state index in [1.807, 2.05) is 12.1 Å². The summed E-state index contributed by atoms with van der Waals surface area (Å²) in [5.74, 6) is 0. The van der Waals surface area contributed by atoms with Gasteiger partial charge >= 0.3 is 0 Å². The number of carbonyl (C=O) groups excluding carboxylic acids is 1. The van der Waals surface area contributed by atoms with Crippen LogP contribution in [0.25, 0.3) is 0 Å². The minimum Gasteiger partial charge on any atom is -0.298 e. The summed E-state index contributed by atoms with van der Waals surface area (Å²) in [6.45, 7) is 0. The van der Waals surface area contributed by atoms with Crippen molar-refractivity contribution in [3.63, 3.8) is 0 Å². The molecule has 2 aromatic rings. The molecule has 0 bridgehead atoms. The predicted molar refractivity (Wildman–Crippen MR) is 68.9 cm³/mol. The second-order valence-electron chi connectivity index (χ2n) is 3.66. The highest BCUT2D eigenvalue weighted by Crippen LogP contribution is 2.17. The van der Waals surface area contributed by atoms with Crippen LogP contribution in [-0.2, 0) is 6.42 Å². The summed E-state index contributed by atoms with van der Waals surface area (Å²) in [6.07, 6.45) is 1.53. The van der Waals surface area contributed by atoms with Gasteiger partial charge in [-0.1, -0.05) is 47.5 Å². The molecular weight excluding hydrogens is 257 g/mol. The lowest BCUT2D eigenvalue weighted by Gasteiger charge is -2.03. The molecule has 4 heteroatoms. The van der Waals surface area contributed by atoms with E-state index in [4.69, 9.17) is 23.2 Å². The molecule has 0 aliphatic carbocycles. The SMILES string of the molecule is O=Cc1ccc(Cc2cc(Cl)nc(Cl)c2)cc1. The molecule has 1 heterocycles. The van der Waals surface area contributed by atoms with E-state index >= 15 is 0 Å². The highest BCUT2D eigenvalue weighted by atomic mass is 35.5. The standard InChI is InChI=1S/C13H9Cl2NO/c14-12-6-11(7-13(15)16-12)5-9-1-3-10(8-17)4-2-9/h1-4,6-8H,5H2. The van der Waals surface area contributed by atoms with Crippen molar-refractivity contribution in [1.29, 1.82) is 0 Å². The molecule has 0 atom stereocenters. The van der Waals surface area contributed by atoms with E-state index in [0.717, 1.165) is 17.4 Å². The van der Waals surface area contributed by atoms with Crippen LogP contribution in [0.2, 0.25) is 10.3 Å². The van der Waals surface area contributed by atoms with Gasteiger partial charge < -0.3 is 0 Å². The molecule has 0 N–H and O–H groups in total. The third-order valence-electron chi connectivity index (χ3n) is 2.35. The Morgan fingerprint density at radius 1 is 1.00 bits per heavy atom. The predicted octanol–water partition coefficient (Wildman–Crippen LogP) is 3.79. The Morgan fingerprint density at radius 3 is 2.12 bits per heavy atom. The van der Waals surface area contributed by atoms with E-state index in [0.29, 0.717) is 22.3 Å². The first-order valence-corrected chi connectivity index (χ1v) is 5.79. The van der Waals surface area contributed by atoms with Crippen LogP contribution in [0.3, 0.4) is 0 Å². The van der Waals surface area contributed by atoms with Crippen molar-refractivity contribution in [2.45, 2.75) is 6.42 Å². The normalized spacial score (nSPS) is 10.2. The number of hydrogen-bond acceptors (Lipinski definition) is 2. The molecule has 86 valence electrons. The van der Waals surface area contributed by atoms with Crippen LogP contribution in [0.15, 0.2) is 36.4 Å². The fourth-order valence-electron chi connectivity index (χ4n) is 1.57. The Labute approximate surface area is 109 Å². The average Bonchev–Trinajstić information content (AvgIpc) is 2.28. The van der Waals surface area contributed by atoms with E-state index in [-0.39, 0.29) is 0 Å². The highest BCUT2D eigenvalue weighted by Gasteiger charge is 2.01. The first-order valence-electron chi connectivity index (χ1n) is 5.03. The highest BCUT2D eigenvalue weighted by molar-refractivity contribution is 6.32. The first kappa shape index (κ1) is 12.1. The maximum atomic E-state index is 10.5. The molecule has 0 unspecified atom stereocenters. The van der Waals surface area contributed by atoms with Crippen LogP contribution in [0.5, 0.6) is 0 Å². The molecule has 0 aliphatic heterocycles. The van der Waals surface area contributed by atoms with Crippen LogP contribution >= 0.6 is 23.2 Å². The van der Waals surface area contributed by atoms with Crippen LogP contribution in [0.1, 0.15) is 21.5 Å². The van der Waals surface area contributed by atoms with E-state index < -0.39 is 0 Å². The zero-order valence-corrected chi connectivity index (χ0v) is 10.4. The number of aldehydes is 1. The van der Waals surface area contributed by atoms with E-state index in [1.165, 1.54) is 0 Å². The molecule has 0 spiro atoms. The maximum absolute atomic E-state index is 10.5. The fraction of sp³-hybridized carbons (Fsp3) is 0.0769. The van der Waals surface area contributed by atoms with Crippen molar-refractivity contribution in [1.82, 2.24) is 4.98 Å². The maximum Gasteiger partial charge on any atom is 0.150 e. The number of nitrogens with zero attached hydrogens (tertiary/aromatic N) is 1. The minimum atomic E-state index is 0.386. The van der Waals surface area contributed by atoms with E-state index in [9.17, 15) is 4.79 Å². The van der Waals surface area contributed by atoms with Gasteiger partial charge in [0.2, 0.25) is 0 Å². The van der Waals surface area contributed by atoms with Gasteiger partial charge in [-0.15, -0.1) is 0 Å². The lowest BCUT2D eigenvalue weighted by Crippen LogP contribution is -1.90. The zero-order valence-electron chi connectivity index (χ0n) is 8.86. The summed E-state index contributed by atoms with van der Waals surface area (Å²) in [6, 6.07) is 10.9. The summed E-state index contributed by atoms with van der Waals surface area (Å²) in [4.78, 5) is 14.4. The number of halogens is 2. The summed E-state index contributed by atoms with van der Waals surface area (Å²) in [5, 5.41) is 0.772. The summed E-state index contributed by atoms with van der Waals surface area (Å²) >= 11 is 11.6. The number of rotatable bonds is 3. The van der Waals surface area contributed by atoms with Crippen molar-refractivity contribution >= 4 is 29.5 Å². The number of benzene rings is 1. The largest absolute Gasteiger partial charge is 0.298 e. The molecule has 0 aliphatic rings. The van der Waals surface area contributed by atoms with E-state index in [1.54, 1.807) is 24.3 Å². The van der Waals surface area contributed by atoms with Gasteiger partial charge in [0.25, 0.3) is 0 Å². The molecule has 1 aromatic heterocycles. The number of hydrogen-bond donors (Lipinski definition) is 0. The van der Waals surface area contributed by atoms with Gasteiger partial charge in [0.05, 0.1) is 0 Å². The molecule has 0 saturated carbocycles. The minimum absolute atomic E-state index is 0.386. The van der Waals surface area contributed by atoms with Gasteiger partial charge in [-0.3, -0.25) is 4.79 Å². The summed E-state index contributed by atoms with van der Waals surface area (Å²) < 4.78 is 0. The van der Waals surface area contributed by atoms with Gasteiger partial charge in [0.15, 0.2) is 0 Å². The summed E-state index contributed by atoms with van der Waals surface area (Å²) in [5.41, 5.74) is 2.75. The topological polar surface area (TPSA) is 30.0 Å². The van der Waals surface area contributed by atoms with Crippen LogP contribution < -0.4 is 0 Å². The van der Waals surface area contributed by atoms with Gasteiger partial charge in [0.1, 0.15) is 16.6 Å².